The van der Waals surface area contributed by atoms with Gasteiger partial charge in [-0.3, -0.25) is 9.89 Å². The van der Waals surface area contributed by atoms with Crippen LogP contribution in [0.15, 0.2) is 65.3 Å². The number of nitrogens with one attached hydrogen (secondary N) is 2. The number of carbonyl (C=O) groups is 1. The first-order valence-electron chi connectivity index (χ1n) is 9.91. The van der Waals surface area contributed by atoms with Crippen molar-refractivity contribution in [3.05, 3.63) is 72.2 Å². The summed E-state index contributed by atoms with van der Waals surface area (Å²) in [5, 5.41) is 13.8. The fourth-order valence-corrected chi connectivity index (χ4v) is 3.12. The molecule has 0 aliphatic carbocycles. The highest BCUT2D eigenvalue weighted by Crippen LogP contribution is 2.22. The summed E-state index contributed by atoms with van der Waals surface area (Å²) in [5.41, 5.74) is 4.73. The van der Waals surface area contributed by atoms with Gasteiger partial charge in [0.1, 0.15) is 0 Å². The van der Waals surface area contributed by atoms with Crippen molar-refractivity contribution in [1.29, 1.82) is 0 Å². The number of nitrogens with zero attached hydrogens (tertiary/aromatic N) is 3. The third kappa shape index (κ3) is 4.63. The molecule has 7 nitrogen and oxygen atoms in total. The second kappa shape index (κ2) is 8.73. The second-order valence-corrected chi connectivity index (χ2v) is 7.39. The number of aryl methyl sites for hydroxylation is 1. The number of carbonyl (C=O) groups excluding carboxylic acids is 1. The van der Waals surface area contributed by atoms with Crippen LogP contribution >= 0.6 is 0 Å². The van der Waals surface area contributed by atoms with E-state index in [2.05, 4.69) is 51.6 Å². The average Bonchev–Trinajstić information content (AvgIpc) is 3.45. The molecule has 0 saturated carbocycles. The molecular weight excluding hydrogens is 378 g/mol. The van der Waals surface area contributed by atoms with E-state index in [1.807, 2.05) is 42.5 Å². The molecule has 0 aliphatic rings. The van der Waals surface area contributed by atoms with Crippen molar-refractivity contribution in [1.82, 2.24) is 20.3 Å². The summed E-state index contributed by atoms with van der Waals surface area (Å²) in [6, 6.07) is 17.6. The van der Waals surface area contributed by atoms with E-state index < -0.39 is 0 Å². The van der Waals surface area contributed by atoms with Gasteiger partial charge in [-0.1, -0.05) is 55.4 Å². The number of H-pyrrole nitrogens is 1. The lowest BCUT2D eigenvalue weighted by Gasteiger charge is -2.06. The molecule has 0 spiro atoms. The monoisotopic (exact) mass is 401 g/mol. The molecule has 2 N–H and O–H groups in total. The van der Waals surface area contributed by atoms with E-state index in [1.54, 1.807) is 6.20 Å². The fraction of sp³-hybridized carbons (Fsp3) is 0.217. The minimum atomic E-state index is -0.113. The van der Waals surface area contributed by atoms with Gasteiger partial charge in [0.2, 0.25) is 17.6 Å². The average molecular weight is 401 g/mol. The Kier molecular flexibility index (Phi) is 5.70. The van der Waals surface area contributed by atoms with Gasteiger partial charge in [-0.25, -0.2) is 0 Å². The second-order valence-electron chi connectivity index (χ2n) is 7.39. The van der Waals surface area contributed by atoms with E-state index in [0.717, 1.165) is 22.5 Å². The van der Waals surface area contributed by atoms with E-state index in [-0.39, 0.29) is 12.3 Å². The van der Waals surface area contributed by atoms with Crippen molar-refractivity contribution in [3.63, 3.8) is 0 Å². The zero-order valence-corrected chi connectivity index (χ0v) is 16.9. The van der Waals surface area contributed by atoms with Crippen LogP contribution in [0.4, 0.5) is 5.69 Å². The van der Waals surface area contributed by atoms with Crippen LogP contribution < -0.4 is 5.32 Å². The number of aromatic nitrogens is 4. The lowest BCUT2D eigenvalue weighted by molar-refractivity contribution is -0.116. The number of amides is 1. The molecule has 2 aromatic carbocycles. The highest BCUT2D eigenvalue weighted by atomic mass is 16.5. The van der Waals surface area contributed by atoms with Crippen LogP contribution in [-0.4, -0.2) is 26.2 Å². The summed E-state index contributed by atoms with van der Waals surface area (Å²) in [5.74, 6) is 1.34. The van der Waals surface area contributed by atoms with Crippen molar-refractivity contribution in [2.75, 3.05) is 5.32 Å². The third-order valence-corrected chi connectivity index (χ3v) is 4.83. The van der Waals surface area contributed by atoms with Gasteiger partial charge >= 0.3 is 0 Å². The zero-order valence-electron chi connectivity index (χ0n) is 16.9. The maximum absolute atomic E-state index is 12.3. The van der Waals surface area contributed by atoms with Crippen LogP contribution in [0.3, 0.4) is 0 Å². The van der Waals surface area contributed by atoms with Crippen LogP contribution in [0.2, 0.25) is 0 Å². The van der Waals surface area contributed by atoms with Crippen molar-refractivity contribution in [2.45, 2.75) is 32.6 Å². The van der Waals surface area contributed by atoms with Gasteiger partial charge in [0.05, 0.1) is 5.69 Å². The van der Waals surface area contributed by atoms with Gasteiger partial charge in [0.25, 0.3) is 0 Å². The summed E-state index contributed by atoms with van der Waals surface area (Å²) in [6.45, 7) is 4.31. The molecule has 7 heteroatoms. The number of rotatable bonds is 7. The quantitative estimate of drug-likeness (QED) is 0.463. The van der Waals surface area contributed by atoms with Crippen molar-refractivity contribution in [2.24, 2.45) is 0 Å². The molecular formula is C23H23N5O2. The molecule has 2 aromatic heterocycles. The molecule has 0 unspecified atom stereocenters. The summed E-state index contributed by atoms with van der Waals surface area (Å²) < 4.78 is 5.31. The molecule has 0 aliphatic heterocycles. The Morgan fingerprint density at radius 1 is 1.10 bits per heavy atom. The largest absolute Gasteiger partial charge is 0.339 e. The van der Waals surface area contributed by atoms with E-state index in [0.29, 0.717) is 24.1 Å². The van der Waals surface area contributed by atoms with Gasteiger partial charge in [0.15, 0.2) is 0 Å². The molecule has 30 heavy (non-hydrogen) atoms. The third-order valence-electron chi connectivity index (χ3n) is 4.83. The Balaban J connectivity index is 1.34. The highest BCUT2D eigenvalue weighted by molar-refractivity contribution is 5.91. The first kappa shape index (κ1) is 19.6. The van der Waals surface area contributed by atoms with Gasteiger partial charge in [-0.2, -0.15) is 10.1 Å². The van der Waals surface area contributed by atoms with E-state index >= 15 is 0 Å². The van der Waals surface area contributed by atoms with Crippen LogP contribution in [-0.2, 0) is 11.2 Å². The van der Waals surface area contributed by atoms with Crippen molar-refractivity contribution >= 4 is 11.6 Å². The Hall–Kier alpha value is -3.74. The standard InChI is InChI=1S/C23H23N5O2/c1-15(2)16-6-8-17(9-7-16)23-26-22(30-28-23)11-10-21(29)25-19-5-3-4-18(14-19)20-12-13-24-27-20/h3-9,12-15H,10-11H2,1-2H3,(H,24,27)(H,25,29). The van der Waals surface area contributed by atoms with Gasteiger partial charge < -0.3 is 9.84 Å². The molecule has 4 rings (SSSR count). The minimum Gasteiger partial charge on any atom is -0.339 e. The fourth-order valence-electron chi connectivity index (χ4n) is 3.12. The van der Waals surface area contributed by atoms with Crippen molar-refractivity contribution < 1.29 is 9.32 Å². The Bertz CT molecular complexity index is 1110. The van der Waals surface area contributed by atoms with Crippen LogP contribution in [0.5, 0.6) is 0 Å². The Morgan fingerprint density at radius 3 is 2.67 bits per heavy atom. The van der Waals surface area contributed by atoms with Crippen molar-refractivity contribution in [3.8, 4) is 22.6 Å². The predicted octanol–water partition coefficient (Wildman–Crippen LogP) is 4.82. The first-order chi connectivity index (χ1) is 14.6. The number of hydrogen-bond acceptors (Lipinski definition) is 5. The highest BCUT2D eigenvalue weighted by Gasteiger charge is 2.12. The van der Waals surface area contributed by atoms with Crippen LogP contribution in [0.25, 0.3) is 22.6 Å². The van der Waals surface area contributed by atoms with E-state index in [9.17, 15) is 4.79 Å². The molecule has 2 heterocycles. The SMILES string of the molecule is CC(C)c1ccc(-c2noc(CCC(=O)Nc3cccc(-c4ccn[nH]4)c3)n2)cc1. The molecule has 1 amide bonds. The van der Waals surface area contributed by atoms with Crippen LogP contribution in [0, 0.1) is 0 Å². The summed E-state index contributed by atoms with van der Waals surface area (Å²) in [7, 11) is 0. The van der Waals surface area contributed by atoms with Gasteiger partial charge in [-0.05, 0) is 29.7 Å². The molecule has 0 saturated heterocycles. The number of hydrogen-bond donors (Lipinski definition) is 2. The lowest BCUT2D eigenvalue weighted by atomic mass is 10.0. The summed E-state index contributed by atoms with van der Waals surface area (Å²) in [4.78, 5) is 16.8. The zero-order chi connectivity index (χ0) is 20.9. The molecule has 0 radical (unpaired) electrons. The number of benzene rings is 2. The molecule has 0 fully saturated rings. The van der Waals surface area contributed by atoms with Crippen LogP contribution in [0.1, 0.15) is 37.6 Å². The first-order valence-corrected chi connectivity index (χ1v) is 9.91. The molecule has 0 atom stereocenters. The topological polar surface area (TPSA) is 96.7 Å². The minimum absolute atomic E-state index is 0.113. The number of aromatic amines is 1. The number of anilines is 1. The van der Waals surface area contributed by atoms with E-state index in [1.165, 1.54) is 5.56 Å². The molecule has 152 valence electrons. The smallest absolute Gasteiger partial charge is 0.227 e. The molecule has 4 aromatic rings. The molecule has 0 bridgehead atoms. The normalized spacial score (nSPS) is 11.0. The lowest BCUT2D eigenvalue weighted by Crippen LogP contribution is -2.12. The Labute approximate surface area is 174 Å². The summed E-state index contributed by atoms with van der Waals surface area (Å²) in [6.07, 6.45) is 2.32. The van der Waals surface area contributed by atoms with Gasteiger partial charge in [-0.15, -0.1) is 0 Å². The van der Waals surface area contributed by atoms with Gasteiger partial charge in [0, 0.05) is 35.9 Å². The van der Waals surface area contributed by atoms with E-state index in [4.69, 9.17) is 4.52 Å². The maximum atomic E-state index is 12.3. The predicted molar refractivity (Wildman–Crippen MR) is 115 cm³/mol. The Morgan fingerprint density at radius 2 is 1.93 bits per heavy atom. The summed E-state index contributed by atoms with van der Waals surface area (Å²) >= 11 is 0. The maximum Gasteiger partial charge on any atom is 0.227 e.